The Morgan fingerprint density at radius 2 is 1.76 bits per heavy atom. The molecular formula is C19H15ClN2O3. The van der Waals surface area contributed by atoms with Gasteiger partial charge in [-0.25, -0.2) is 9.78 Å². The molecule has 2 aromatic carbocycles. The number of carboxylic acid groups (broad SMARTS) is 1. The topological polar surface area (TPSA) is 72.2 Å². The van der Waals surface area contributed by atoms with E-state index in [4.69, 9.17) is 11.6 Å². The zero-order valence-electron chi connectivity index (χ0n) is 13.4. The van der Waals surface area contributed by atoms with Crippen LogP contribution >= 0.6 is 11.6 Å². The normalized spacial score (nSPS) is 10.6. The molecule has 3 rings (SSSR count). The number of hydrogen-bond acceptors (Lipinski definition) is 3. The molecule has 1 aromatic heterocycles. The quantitative estimate of drug-likeness (QED) is 0.778. The highest BCUT2D eigenvalue weighted by atomic mass is 35.5. The van der Waals surface area contributed by atoms with Gasteiger partial charge in [0, 0.05) is 11.4 Å². The highest BCUT2D eigenvalue weighted by Crippen LogP contribution is 2.16. The highest BCUT2D eigenvalue weighted by molar-refractivity contribution is 6.30. The number of nitrogens with zero attached hydrogens (tertiary/aromatic N) is 2. The molecule has 3 aromatic rings. The number of carbonyl (C=O) groups is 1. The van der Waals surface area contributed by atoms with Gasteiger partial charge in [-0.1, -0.05) is 41.9 Å². The van der Waals surface area contributed by atoms with Gasteiger partial charge in [-0.05, 0) is 36.8 Å². The van der Waals surface area contributed by atoms with Gasteiger partial charge in [0.2, 0.25) is 0 Å². The predicted molar refractivity (Wildman–Crippen MR) is 95.8 cm³/mol. The van der Waals surface area contributed by atoms with Crippen molar-refractivity contribution in [2.24, 2.45) is 0 Å². The largest absolute Gasteiger partial charge is 0.477 e. The van der Waals surface area contributed by atoms with Crippen molar-refractivity contribution in [3.8, 4) is 5.69 Å². The first kappa shape index (κ1) is 16.9. The Bertz CT molecular complexity index is 980. The molecule has 1 N–H and O–H groups in total. The van der Waals surface area contributed by atoms with E-state index in [0.717, 1.165) is 5.56 Å². The van der Waals surface area contributed by atoms with E-state index in [-0.39, 0.29) is 11.3 Å². The van der Waals surface area contributed by atoms with E-state index >= 15 is 0 Å². The van der Waals surface area contributed by atoms with Crippen LogP contribution in [0.1, 0.15) is 27.4 Å². The first-order valence-corrected chi connectivity index (χ1v) is 8.01. The number of halogens is 1. The van der Waals surface area contributed by atoms with Crippen molar-refractivity contribution in [3.05, 3.63) is 92.6 Å². The van der Waals surface area contributed by atoms with Crippen LogP contribution in [0.25, 0.3) is 5.69 Å². The van der Waals surface area contributed by atoms with Gasteiger partial charge in [-0.2, -0.15) is 0 Å². The molecule has 0 amide bonds. The van der Waals surface area contributed by atoms with Crippen molar-refractivity contribution in [3.63, 3.8) is 0 Å². The molecule has 0 aliphatic rings. The van der Waals surface area contributed by atoms with Crippen molar-refractivity contribution in [2.75, 3.05) is 0 Å². The predicted octanol–water partition coefficient (Wildman–Crippen LogP) is 3.48. The van der Waals surface area contributed by atoms with E-state index in [0.29, 0.717) is 23.0 Å². The third-order valence-corrected chi connectivity index (χ3v) is 4.09. The number of aryl methyl sites for hydroxylation is 1. The van der Waals surface area contributed by atoms with Crippen LogP contribution in [0.2, 0.25) is 5.02 Å². The number of benzene rings is 2. The summed E-state index contributed by atoms with van der Waals surface area (Å²) in [5.41, 5.74) is 0.767. The summed E-state index contributed by atoms with van der Waals surface area (Å²) < 4.78 is 1.33. The Labute approximate surface area is 149 Å². The minimum atomic E-state index is -1.29. The fourth-order valence-corrected chi connectivity index (χ4v) is 2.81. The molecule has 5 nitrogen and oxygen atoms in total. The summed E-state index contributed by atoms with van der Waals surface area (Å²) in [6, 6.07) is 16.2. The van der Waals surface area contributed by atoms with Crippen LogP contribution in [0, 0.1) is 6.92 Å². The lowest BCUT2D eigenvalue weighted by molar-refractivity contribution is 0.0693. The summed E-state index contributed by atoms with van der Waals surface area (Å²) in [5, 5.41) is 9.90. The van der Waals surface area contributed by atoms with Gasteiger partial charge < -0.3 is 5.11 Å². The minimum absolute atomic E-state index is 0.202. The second-order valence-corrected chi connectivity index (χ2v) is 6.01. The number of aromatic carboxylic acids is 1. The zero-order chi connectivity index (χ0) is 18.0. The Hall–Kier alpha value is -2.92. The van der Waals surface area contributed by atoms with Crippen LogP contribution in [-0.2, 0) is 6.42 Å². The Morgan fingerprint density at radius 3 is 2.36 bits per heavy atom. The molecule has 0 radical (unpaired) electrons. The Kier molecular flexibility index (Phi) is 4.67. The fraction of sp³-hybridized carbons (Fsp3) is 0.105. The molecule has 0 saturated carbocycles. The maximum absolute atomic E-state index is 12.8. The van der Waals surface area contributed by atoms with Gasteiger partial charge >= 0.3 is 5.97 Å². The lowest BCUT2D eigenvalue weighted by Gasteiger charge is -2.15. The second kappa shape index (κ2) is 6.91. The van der Waals surface area contributed by atoms with Crippen molar-refractivity contribution in [1.82, 2.24) is 9.55 Å². The van der Waals surface area contributed by atoms with Gasteiger partial charge in [0.05, 0.1) is 11.4 Å². The molecule has 6 heteroatoms. The first-order chi connectivity index (χ1) is 12.0. The second-order valence-electron chi connectivity index (χ2n) is 5.57. The molecule has 25 heavy (non-hydrogen) atoms. The summed E-state index contributed by atoms with van der Waals surface area (Å²) in [5.74, 6) is -0.815. The Balaban J connectivity index is 2.24. The summed E-state index contributed by atoms with van der Waals surface area (Å²) in [6.45, 7) is 1.53. The summed E-state index contributed by atoms with van der Waals surface area (Å²) in [6.07, 6.45) is 0.402. The summed E-state index contributed by atoms with van der Waals surface area (Å²) >= 11 is 5.92. The first-order valence-electron chi connectivity index (χ1n) is 7.63. The van der Waals surface area contributed by atoms with E-state index in [9.17, 15) is 14.7 Å². The molecule has 0 saturated heterocycles. The molecule has 0 bridgehead atoms. The lowest BCUT2D eigenvalue weighted by atomic mass is 10.1. The van der Waals surface area contributed by atoms with Crippen molar-refractivity contribution >= 4 is 17.6 Å². The number of hydrogen-bond donors (Lipinski definition) is 1. The summed E-state index contributed by atoms with van der Waals surface area (Å²) in [4.78, 5) is 28.7. The van der Waals surface area contributed by atoms with Crippen LogP contribution in [0.5, 0.6) is 0 Å². The van der Waals surface area contributed by atoms with Gasteiger partial charge in [-0.15, -0.1) is 0 Å². The number of aromatic nitrogens is 2. The van der Waals surface area contributed by atoms with E-state index in [1.165, 1.54) is 11.5 Å². The molecule has 0 spiro atoms. The number of rotatable bonds is 4. The van der Waals surface area contributed by atoms with E-state index < -0.39 is 11.5 Å². The van der Waals surface area contributed by atoms with Crippen LogP contribution < -0.4 is 5.56 Å². The number of carboxylic acids is 1. The molecule has 0 fully saturated rings. The van der Waals surface area contributed by atoms with Gasteiger partial charge in [0.15, 0.2) is 0 Å². The van der Waals surface area contributed by atoms with E-state index in [1.54, 1.807) is 24.3 Å². The van der Waals surface area contributed by atoms with Crippen LogP contribution in [0.4, 0.5) is 0 Å². The van der Waals surface area contributed by atoms with Crippen LogP contribution in [-0.4, -0.2) is 20.6 Å². The van der Waals surface area contributed by atoms with Crippen molar-refractivity contribution in [1.29, 1.82) is 0 Å². The molecule has 0 atom stereocenters. The standard InChI is InChI=1S/C19H15ClN2O3/c1-12-17(19(24)25)18(23)22(15-9-7-14(20)8-10-15)16(21-12)11-13-5-3-2-4-6-13/h2-10H,11H2,1H3,(H,24,25). The molecule has 0 aliphatic heterocycles. The van der Waals surface area contributed by atoms with E-state index in [1.807, 2.05) is 30.3 Å². The fourth-order valence-electron chi connectivity index (χ4n) is 2.68. The molecule has 0 unspecified atom stereocenters. The molecule has 0 aliphatic carbocycles. The highest BCUT2D eigenvalue weighted by Gasteiger charge is 2.20. The van der Waals surface area contributed by atoms with Crippen LogP contribution in [0.15, 0.2) is 59.4 Å². The molecule has 126 valence electrons. The zero-order valence-corrected chi connectivity index (χ0v) is 14.2. The van der Waals surface area contributed by atoms with Crippen molar-refractivity contribution in [2.45, 2.75) is 13.3 Å². The SMILES string of the molecule is Cc1nc(Cc2ccccc2)n(-c2ccc(Cl)cc2)c(=O)c1C(=O)O. The van der Waals surface area contributed by atoms with Gasteiger partial charge in [-0.3, -0.25) is 9.36 Å². The van der Waals surface area contributed by atoms with E-state index in [2.05, 4.69) is 4.98 Å². The smallest absolute Gasteiger partial charge is 0.343 e. The monoisotopic (exact) mass is 354 g/mol. The maximum atomic E-state index is 12.8. The average molecular weight is 355 g/mol. The minimum Gasteiger partial charge on any atom is -0.477 e. The Morgan fingerprint density at radius 1 is 1.12 bits per heavy atom. The van der Waals surface area contributed by atoms with Crippen LogP contribution in [0.3, 0.4) is 0 Å². The third-order valence-electron chi connectivity index (χ3n) is 3.84. The average Bonchev–Trinajstić information content (AvgIpc) is 2.57. The lowest BCUT2D eigenvalue weighted by Crippen LogP contribution is -2.30. The van der Waals surface area contributed by atoms with Crippen molar-refractivity contribution < 1.29 is 9.90 Å². The molecular weight excluding hydrogens is 340 g/mol. The molecule has 1 heterocycles. The van der Waals surface area contributed by atoms with Gasteiger partial charge in [0.1, 0.15) is 11.4 Å². The maximum Gasteiger partial charge on any atom is 0.343 e. The summed E-state index contributed by atoms with van der Waals surface area (Å²) in [7, 11) is 0. The third kappa shape index (κ3) is 3.46. The van der Waals surface area contributed by atoms with Gasteiger partial charge in [0.25, 0.3) is 5.56 Å².